The first kappa shape index (κ1) is 95.6. The van der Waals surface area contributed by atoms with Crippen molar-refractivity contribution in [2.45, 2.75) is 95.2 Å². The summed E-state index contributed by atoms with van der Waals surface area (Å²) in [5.41, 5.74) is 10.7. The number of carboxylic acid groups (broad SMARTS) is 3. The topological polar surface area (TPSA) is 542 Å². The van der Waals surface area contributed by atoms with Crippen LogP contribution in [-0.2, 0) is 100 Å². The van der Waals surface area contributed by atoms with Gasteiger partial charge >= 0.3 is 17.9 Å². The van der Waals surface area contributed by atoms with E-state index in [1.165, 1.54) is 0 Å². The molecule has 0 bridgehead atoms. The monoisotopic (exact) mass is 1510 g/mol. The second-order valence-electron chi connectivity index (χ2n) is 24.3. The fraction of sp³-hybridized carbons (Fsp3) is 0.800. The number of nitrogens with one attached hydrogen (secondary N) is 10. The third kappa shape index (κ3) is 57.5. The Labute approximate surface area is 614 Å². The largest absolute Gasteiger partial charge is 0.480 e. The number of carbonyl (C=O) groups excluding carboxylic acids is 10. The Morgan fingerprint density at radius 3 is 0.924 bits per heavy atom. The maximum absolute atomic E-state index is 13.3. The molecule has 0 aliphatic carbocycles. The summed E-state index contributed by atoms with van der Waals surface area (Å²) in [6, 6.07) is -1.81. The number of nitrogens with two attached hydrogens (primary N) is 2. The van der Waals surface area contributed by atoms with Gasteiger partial charge in [-0.05, 0) is 78.3 Å². The lowest BCUT2D eigenvalue weighted by molar-refractivity contribution is -0.140. The van der Waals surface area contributed by atoms with E-state index in [2.05, 4.69) is 53.2 Å². The van der Waals surface area contributed by atoms with Crippen LogP contribution >= 0.6 is 0 Å². The van der Waals surface area contributed by atoms with Crippen LogP contribution in [0.5, 0.6) is 0 Å². The Morgan fingerprint density at radius 2 is 0.590 bits per heavy atom. The van der Waals surface area contributed by atoms with E-state index in [9.17, 15) is 77.6 Å². The normalized spacial score (nSPS) is 14.3. The lowest BCUT2D eigenvalue weighted by Crippen LogP contribution is -2.50. The molecule has 40 heteroatoms. The number of hydrogen-bond donors (Lipinski definition) is 15. The number of carboxylic acids is 3. The fourth-order valence-corrected chi connectivity index (χ4v) is 9.95. The van der Waals surface area contributed by atoms with Crippen LogP contribution in [0.3, 0.4) is 0 Å². The van der Waals surface area contributed by atoms with Crippen LogP contribution in [0.4, 0.5) is 0 Å². The van der Waals surface area contributed by atoms with Gasteiger partial charge in [0.2, 0.25) is 59.1 Å². The lowest BCUT2D eigenvalue weighted by Gasteiger charge is -2.32. The number of nitrogens with zero attached hydrogens (tertiary/aromatic N) is 4. The van der Waals surface area contributed by atoms with Crippen LogP contribution in [0.15, 0.2) is 0 Å². The molecule has 1 aliphatic rings. The Kier molecular flexibility index (Phi) is 58.1. The van der Waals surface area contributed by atoms with Crippen LogP contribution in [0, 0.1) is 0 Å². The number of rotatable bonds is 65. The minimum absolute atomic E-state index is 0.0315. The van der Waals surface area contributed by atoms with E-state index in [1.54, 1.807) is 33.7 Å². The number of primary amides is 2. The first-order chi connectivity index (χ1) is 50.5. The third-order valence-corrected chi connectivity index (χ3v) is 15.6. The molecule has 1 aliphatic heterocycles. The molecule has 0 radical (unpaired) electrons. The second-order valence-corrected chi connectivity index (χ2v) is 24.3. The molecule has 105 heavy (non-hydrogen) atoms. The average Bonchev–Trinajstić information content (AvgIpc) is 0.915. The molecule has 0 aromatic heterocycles. The minimum Gasteiger partial charge on any atom is -0.480 e. The summed E-state index contributed by atoms with van der Waals surface area (Å²) >= 11 is 0. The zero-order valence-electron chi connectivity index (χ0n) is 61.3. The molecular formula is C65H120N16O24. The van der Waals surface area contributed by atoms with E-state index in [4.69, 9.17) is 49.4 Å². The zero-order chi connectivity index (χ0) is 77.5. The second kappa shape index (κ2) is 63.8. The molecule has 17 N–H and O–H groups in total. The van der Waals surface area contributed by atoms with Gasteiger partial charge in [-0.2, -0.15) is 0 Å². The molecule has 1 heterocycles. The van der Waals surface area contributed by atoms with Gasteiger partial charge in [0, 0.05) is 111 Å². The van der Waals surface area contributed by atoms with Gasteiger partial charge in [-0.3, -0.25) is 81.9 Å². The maximum atomic E-state index is 13.3. The van der Waals surface area contributed by atoms with Gasteiger partial charge in [-0.15, -0.1) is 0 Å². The molecule has 1 saturated heterocycles. The van der Waals surface area contributed by atoms with Crippen molar-refractivity contribution in [2.75, 3.05) is 244 Å². The number of likely N-dealkylation sites (N-methyl/N-ethyl adjacent to an activating group) is 2. The number of aliphatic carboxylic acids is 3. The van der Waals surface area contributed by atoms with Gasteiger partial charge in [0.15, 0.2) is 0 Å². The molecule has 1 rings (SSSR count). The Morgan fingerprint density at radius 1 is 0.314 bits per heavy atom. The number of unbranched alkanes of at least 4 members (excludes halogenated alkanes) is 3. The predicted molar refractivity (Wildman–Crippen MR) is 378 cm³/mol. The quantitative estimate of drug-likeness (QED) is 0.0252. The third-order valence-electron chi connectivity index (χ3n) is 15.6. The van der Waals surface area contributed by atoms with Crippen molar-refractivity contribution in [1.29, 1.82) is 0 Å². The van der Waals surface area contributed by atoms with Gasteiger partial charge in [0.05, 0.1) is 118 Å². The number of carbonyl (C=O) groups is 13. The predicted octanol–water partition coefficient (Wildman–Crippen LogP) is -7.28. The van der Waals surface area contributed by atoms with Crippen molar-refractivity contribution < 1.29 is 116 Å². The van der Waals surface area contributed by atoms with Crippen LogP contribution in [0.25, 0.3) is 0 Å². The Bertz CT molecular complexity index is 2470. The summed E-state index contributed by atoms with van der Waals surface area (Å²) in [6.07, 6.45) is 5.36. The SMILES string of the molecule is CN[C@@H](CCCCNC(=O)COCCOCCNC(=O)COCCOCCNC(=O)CCCC(=O)NCCCC[C@H](NC(=O)COCCOCCNC(=O)COCCOCCNC(=O)CN1CCN(CC(=O)O)CCN(CC(=O)O)CCN(CC(=O)O)CC1)C(=O)NCCCC[C@H](NC)C(N)=O)C(N)=O. The maximum Gasteiger partial charge on any atom is 0.317 e. The summed E-state index contributed by atoms with van der Waals surface area (Å²) in [7, 11) is 3.30. The van der Waals surface area contributed by atoms with Gasteiger partial charge in [0.25, 0.3) is 0 Å². The molecule has 604 valence electrons. The number of ether oxygens (including phenoxy) is 8. The molecular weight excluding hydrogens is 1390 g/mol. The molecule has 0 saturated carbocycles. The minimum atomic E-state index is -1.06. The summed E-state index contributed by atoms with van der Waals surface area (Å²) in [4.78, 5) is 164. The number of hydrogen-bond acceptors (Lipinski definition) is 27. The zero-order valence-corrected chi connectivity index (χ0v) is 61.3. The Balaban J connectivity index is 2.27. The summed E-state index contributed by atoms with van der Waals surface area (Å²) in [5.74, 6) is -6.85. The highest BCUT2D eigenvalue weighted by atomic mass is 16.5. The smallest absolute Gasteiger partial charge is 0.317 e. The lowest BCUT2D eigenvalue weighted by atomic mass is 10.1. The van der Waals surface area contributed by atoms with E-state index >= 15 is 0 Å². The molecule has 0 aromatic carbocycles. The van der Waals surface area contributed by atoms with E-state index in [-0.39, 0.29) is 253 Å². The molecule has 0 aromatic rings. The Hall–Kier alpha value is -7.45. The van der Waals surface area contributed by atoms with Gasteiger partial charge in [-0.1, -0.05) is 0 Å². The van der Waals surface area contributed by atoms with E-state index in [0.717, 1.165) is 6.42 Å². The molecule has 0 spiro atoms. The summed E-state index contributed by atoms with van der Waals surface area (Å²) in [5, 5.41) is 55.9. The highest BCUT2D eigenvalue weighted by Gasteiger charge is 2.24. The first-order valence-electron chi connectivity index (χ1n) is 35.8. The van der Waals surface area contributed by atoms with Crippen molar-refractivity contribution in [3.05, 3.63) is 0 Å². The van der Waals surface area contributed by atoms with Crippen molar-refractivity contribution in [1.82, 2.24) is 72.8 Å². The molecule has 0 unspecified atom stereocenters. The average molecular weight is 1510 g/mol. The van der Waals surface area contributed by atoms with Crippen molar-refractivity contribution >= 4 is 77.0 Å². The summed E-state index contributed by atoms with van der Waals surface area (Å²) in [6.45, 7) is 4.02. The molecule has 40 nitrogen and oxygen atoms in total. The highest BCUT2D eigenvalue weighted by molar-refractivity contribution is 5.88. The van der Waals surface area contributed by atoms with Crippen LogP contribution in [-0.4, -0.2) is 374 Å². The van der Waals surface area contributed by atoms with E-state index in [1.807, 2.05) is 0 Å². The molecule has 3 atom stereocenters. The number of amides is 10. The van der Waals surface area contributed by atoms with Crippen LogP contribution < -0.4 is 64.6 Å². The van der Waals surface area contributed by atoms with Crippen LogP contribution in [0.1, 0.15) is 77.0 Å². The van der Waals surface area contributed by atoms with Crippen molar-refractivity contribution in [3.63, 3.8) is 0 Å². The van der Waals surface area contributed by atoms with Gasteiger partial charge < -0.3 is 118 Å². The van der Waals surface area contributed by atoms with E-state index in [0.29, 0.717) is 77.5 Å². The van der Waals surface area contributed by atoms with Crippen LogP contribution in [0.2, 0.25) is 0 Å². The van der Waals surface area contributed by atoms with Crippen molar-refractivity contribution in [3.8, 4) is 0 Å². The standard InChI is InChI=1S/C65H120N16O24/c1-68-50(63(66)95)10-3-6-16-71-56(85)46-102-38-36-100-32-20-74-57(86)47-103-39-34-98-30-18-72-54(83)14-9-13-53(82)70-15-7-5-12-52(65(97)76-17-8-4-11-51(69-2)64(67)96)77-59(88)49-105-41-37-101-33-21-75-58(87)48-104-40-35-99-31-19-73-55(84)42-78-22-24-79(43-60(89)90)26-28-81(45-62(93)94)29-27-80(25-23-78)44-61(91)92/h50-52,68-69H,3-49H2,1-2H3,(H2,66,95)(H2,67,96)(H,70,82)(H,71,85)(H,72,83)(H,73,84)(H,74,86)(H,75,87)(H,76,97)(H,77,88)(H,89,90)(H,91,92)(H,93,94)/t50-,51-,52-/m0/s1. The summed E-state index contributed by atoms with van der Waals surface area (Å²) < 4.78 is 43.3. The molecule has 10 amide bonds. The van der Waals surface area contributed by atoms with E-state index < -0.39 is 65.6 Å². The molecule has 1 fully saturated rings. The fourth-order valence-electron chi connectivity index (χ4n) is 9.95. The first-order valence-corrected chi connectivity index (χ1v) is 35.8. The van der Waals surface area contributed by atoms with Gasteiger partial charge in [0.1, 0.15) is 32.5 Å². The van der Waals surface area contributed by atoms with Gasteiger partial charge in [-0.25, -0.2) is 0 Å². The highest BCUT2D eigenvalue weighted by Crippen LogP contribution is 2.07. The van der Waals surface area contributed by atoms with Crippen molar-refractivity contribution in [2.24, 2.45) is 11.5 Å².